The summed E-state index contributed by atoms with van der Waals surface area (Å²) in [7, 11) is 0. The Labute approximate surface area is 479 Å². The van der Waals surface area contributed by atoms with Gasteiger partial charge in [0.25, 0.3) is 0 Å². The summed E-state index contributed by atoms with van der Waals surface area (Å²) in [4.78, 5) is 2.36. The molecule has 6 nitrogen and oxygen atoms in total. The maximum atomic E-state index is 7.12. The van der Waals surface area contributed by atoms with Crippen molar-refractivity contribution in [3.63, 3.8) is 0 Å². The fraction of sp³-hybridized carbons (Fsp3) is 0.211. The lowest BCUT2D eigenvalue weighted by Gasteiger charge is -2.32. The molecule has 6 heteroatoms. The summed E-state index contributed by atoms with van der Waals surface area (Å²) in [6.07, 6.45) is 22.0. The van der Waals surface area contributed by atoms with Crippen LogP contribution in [0.3, 0.4) is 0 Å². The molecule has 0 saturated carbocycles. The number of hydrogen-bond donors (Lipinski definition) is 1. The van der Waals surface area contributed by atoms with Gasteiger partial charge in [0.15, 0.2) is 11.5 Å². The first-order valence-electron chi connectivity index (χ1n) is 29.3. The predicted octanol–water partition coefficient (Wildman–Crippen LogP) is 20.3. The molecule has 0 radical (unpaired) electrons. The van der Waals surface area contributed by atoms with Gasteiger partial charge in [-0.3, -0.25) is 0 Å². The first-order chi connectivity index (χ1) is 39.7. The molecule has 0 saturated heterocycles. The Morgan fingerprint density at radius 2 is 1.24 bits per heavy atom. The zero-order valence-electron chi connectivity index (χ0n) is 48.2. The summed E-state index contributed by atoms with van der Waals surface area (Å²) >= 11 is 0. The van der Waals surface area contributed by atoms with Crippen molar-refractivity contribution in [1.82, 2.24) is 14.3 Å². The first kappa shape index (κ1) is 50.0. The van der Waals surface area contributed by atoms with E-state index in [1.54, 1.807) is 0 Å². The number of aromatic nitrogens is 2. The first-order valence-corrected chi connectivity index (χ1v) is 29.3. The van der Waals surface area contributed by atoms with Crippen LogP contribution in [0.5, 0.6) is 0 Å². The molecule has 0 bridgehead atoms. The smallest absolute Gasteiger partial charge is 0.155 e. The summed E-state index contributed by atoms with van der Waals surface area (Å²) in [5, 5.41) is 13.8. The average molecular weight is 1070 g/mol. The van der Waals surface area contributed by atoms with Crippen molar-refractivity contribution in [3.8, 4) is 0 Å². The van der Waals surface area contributed by atoms with Crippen molar-refractivity contribution in [3.05, 3.63) is 246 Å². The number of aryl methyl sites for hydroxylation is 2. The molecule has 1 unspecified atom stereocenters. The third-order valence-electron chi connectivity index (χ3n) is 18.5. The molecule has 1 aliphatic heterocycles. The Bertz CT molecular complexity index is 4880. The number of anilines is 1. The van der Waals surface area contributed by atoms with E-state index in [4.69, 9.17) is 8.83 Å². The van der Waals surface area contributed by atoms with Crippen molar-refractivity contribution in [2.75, 3.05) is 4.90 Å². The zero-order valence-corrected chi connectivity index (χ0v) is 48.2. The minimum Gasteiger partial charge on any atom is -0.454 e. The van der Waals surface area contributed by atoms with Gasteiger partial charge in [0.05, 0.1) is 39.0 Å². The predicted molar refractivity (Wildman–Crippen MR) is 347 cm³/mol. The minimum atomic E-state index is -0.0768. The molecule has 6 heterocycles. The number of rotatable bonds is 11. The molecule has 0 amide bonds. The van der Waals surface area contributed by atoms with E-state index in [0.29, 0.717) is 0 Å². The van der Waals surface area contributed by atoms with Crippen LogP contribution in [0.4, 0.5) is 5.69 Å². The molecule has 0 spiro atoms. The molecular weight excluding hydrogens is 1000 g/mol. The van der Waals surface area contributed by atoms with Crippen LogP contribution in [0.1, 0.15) is 119 Å². The fourth-order valence-electron chi connectivity index (χ4n) is 14.8. The Balaban J connectivity index is 0.860. The molecule has 4 aliphatic rings. The van der Waals surface area contributed by atoms with Crippen LogP contribution in [0.15, 0.2) is 215 Å². The average Bonchev–Trinajstić information content (AvgIpc) is 1.72. The molecule has 0 fully saturated rings. The van der Waals surface area contributed by atoms with Gasteiger partial charge in [-0.1, -0.05) is 159 Å². The zero-order chi connectivity index (χ0) is 56.2. The third kappa shape index (κ3) is 7.12. The van der Waals surface area contributed by atoms with Gasteiger partial charge in [-0.15, -0.1) is 0 Å². The summed E-state index contributed by atoms with van der Waals surface area (Å²) in [5.41, 5.74) is 24.8. The second kappa shape index (κ2) is 18.0. The van der Waals surface area contributed by atoms with Gasteiger partial charge >= 0.3 is 0 Å². The molecule has 5 aromatic heterocycles. The molecule has 6 aromatic carbocycles. The molecule has 1 N–H and O–H groups in total. The fourth-order valence-corrected chi connectivity index (χ4v) is 14.8. The number of furan rings is 2. The molecule has 404 valence electrons. The highest BCUT2D eigenvalue weighted by molar-refractivity contribution is 6.27. The van der Waals surface area contributed by atoms with Gasteiger partial charge in [-0.2, -0.15) is 0 Å². The quantitative estimate of drug-likeness (QED) is 0.131. The van der Waals surface area contributed by atoms with Crippen LogP contribution in [0.25, 0.3) is 98.9 Å². The largest absolute Gasteiger partial charge is 0.454 e. The van der Waals surface area contributed by atoms with Gasteiger partial charge < -0.3 is 28.0 Å². The lowest BCUT2D eigenvalue weighted by molar-refractivity contribution is 0.545. The highest BCUT2D eigenvalue weighted by Gasteiger charge is 2.37. The van der Waals surface area contributed by atoms with Crippen molar-refractivity contribution < 1.29 is 8.83 Å². The Kier molecular flexibility index (Phi) is 11.0. The monoisotopic (exact) mass is 1070 g/mol. The summed E-state index contributed by atoms with van der Waals surface area (Å²) in [5.74, 6) is 2.16. The van der Waals surface area contributed by atoms with Gasteiger partial charge in [0.1, 0.15) is 11.2 Å². The van der Waals surface area contributed by atoms with Crippen LogP contribution >= 0.6 is 0 Å². The van der Waals surface area contributed by atoms with Crippen molar-refractivity contribution in [1.29, 1.82) is 0 Å². The maximum absolute atomic E-state index is 7.12. The third-order valence-corrected chi connectivity index (χ3v) is 18.5. The number of para-hydroxylation sites is 4. The number of nitrogens with zero attached hydrogens (tertiary/aromatic N) is 3. The van der Waals surface area contributed by atoms with E-state index in [-0.39, 0.29) is 16.7 Å². The van der Waals surface area contributed by atoms with Crippen molar-refractivity contribution >= 4 is 105 Å². The number of benzene rings is 6. The van der Waals surface area contributed by atoms with E-state index < -0.39 is 0 Å². The standard InChI is InChI=1S/C76H68N4O2/c1-12-20-46(14-3)77-67-45(32-36-56-54-26-18-28-61(75(6,7)8)71(54)81-73(56)67)38-44-31-35-49-50-22-16-24-52-60-41-65-59(42-66(60)80(69(50)52)64(49)39-44)53-25-17-23-51-58-40-48(33-37-63(58)79(65)70(51)53)78(47(15-4)21-13-2)68-43(5)30-34-57-55-27-19-29-62(76(9,10)11)72(55)82-74(57)68/h12-29,31,33,37,39-42,49,77H,1-4,30,32,34-36,38H2,5-11H3/b46-20+,47-21+. The summed E-state index contributed by atoms with van der Waals surface area (Å²) in [6, 6.07) is 39.1. The molecule has 15 rings (SSSR count). The summed E-state index contributed by atoms with van der Waals surface area (Å²) < 4.78 is 19.3. The van der Waals surface area contributed by atoms with Crippen molar-refractivity contribution in [2.24, 2.45) is 0 Å². The van der Waals surface area contributed by atoms with E-state index >= 15 is 0 Å². The van der Waals surface area contributed by atoms with Crippen LogP contribution in [0.2, 0.25) is 0 Å². The minimum absolute atomic E-state index is 0.0640. The van der Waals surface area contributed by atoms with Gasteiger partial charge in [-0.05, 0) is 139 Å². The van der Waals surface area contributed by atoms with E-state index in [1.807, 2.05) is 30.4 Å². The molecular formula is C76H68N4O2. The van der Waals surface area contributed by atoms with Crippen LogP contribution in [-0.4, -0.2) is 8.97 Å². The van der Waals surface area contributed by atoms with E-state index in [2.05, 4.69) is 215 Å². The van der Waals surface area contributed by atoms with E-state index in [0.717, 1.165) is 89.7 Å². The Morgan fingerprint density at radius 1 is 0.634 bits per heavy atom. The molecule has 82 heavy (non-hydrogen) atoms. The number of allylic oxidation sites excluding steroid dienone is 12. The van der Waals surface area contributed by atoms with E-state index in [1.165, 1.54) is 121 Å². The Morgan fingerprint density at radius 3 is 1.93 bits per heavy atom. The number of hydrogen-bond acceptors (Lipinski definition) is 4. The number of nitrogens with one attached hydrogen (secondary N) is 1. The molecule has 1 atom stereocenters. The van der Waals surface area contributed by atoms with Gasteiger partial charge in [0.2, 0.25) is 0 Å². The van der Waals surface area contributed by atoms with Crippen LogP contribution in [0, 0.1) is 0 Å². The highest BCUT2D eigenvalue weighted by Crippen LogP contribution is 2.53. The SMILES string of the molecule is C=C/C=C(\C=C)NC1=C(CC2=CCC3C(=C2)n2c4cc5c6cccc7c8cc(N(C9=C(C)CCc%10c9oc9c(C(C)(C)C)cccc%109)/C(C=C)=C/C=C)ccc8n(c5cc4c4cccc3c42)c76)CCc2c1oc1c(C(C)(C)C)cccc21. The maximum Gasteiger partial charge on any atom is 0.155 e. The lowest BCUT2D eigenvalue weighted by atomic mass is 9.83. The number of fused-ring (bicyclic) bond motifs is 18. The van der Waals surface area contributed by atoms with E-state index in [9.17, 15) is 0 Å². The molecule has 11 aromatic rings. The lowest BCUT2D eigenvalue weighted by Crippen LogP contribution is -2.23. The highest BCUT2D eigenvalue weighted by atomic mass is 16.3. The van der Waals surface area contributed by atoms with Gasteiger partial charge in [-0.25, -0.2) is 0 Å². The second-order valence-corrected chi connectivity index (χ2v) is 25.4. The topological polar surface area (TPSA) is 50.9 Å². The van der Waals surface area contributed by atoms with Crippen molar-refractivity contribution in [2.45, 2.75) is 104 Å². The Hall–Kier alpha value is -9.00. The summed E-state index contributed by atoms with van der Waals surface area (Å²) in [6.45, 7) is 32.6. The second-order valence-electron chi connectivity index (χ2n) is 25.4. The van der Waals surface area contributed by atoms with Crippen LogP contribution < -0.4 is 10.2 Å². The van der Waals surface area contributed by atoms with Crippen LogP contribution in [-0.2, 0) is 23.7 Å². The molecule has 3 aliphatic carbocycles. The van der Waals surface area contributed by atoms with Gasteiger partial charge in [0, 0.05) is 94.0 Å². The normalized spacial score (nSPS) is 16.8.